The van der Waals surface area contributed by atoms with Crippen LogP contribution in [0.15, 0.2) is 0 Å². The van der Waals surface area contributed by atoms with Crippen LogP contribution in [0.3, 0.4) is 0 Å². The van der Waals surface area contributed by atoms with E-state index in [1.807, 2.05) is 0 Å². The Kier molecular flexibility index (Phi) is 28.5. The topological polar surface area (TPSA) is 46.1 Å². The zero-order valence-corrected chi connectivity index (χ0v) is 15.1. The first-order valence-electron chi connectivity index (χ1n) is 3.09. The summed E-state index contributed by atoms with van der Waals surface area (Å²) in [6, 6.07) is 0. The quantitative estimate of drug-likeness (QED) is 0.374. The summed E-state index contributed by atoms with van der Waals surface area (Å²) < 4.78 is 0. The third-order valence-corrected chi connectivity index (χ3v) is 0. The molecule has 0 aliphatic rings. The Bertz CT molecular complexity index is 51.2. The van der Waals surface area contributed by atoms with Crippen molar-refractivity contribution in [2.24, 2.45) is 0 Å². The molecule has 11 heavy (non-hydrogen) atoms. The predicted octanol–water partition coefficient (Wildman–Crippen LogP) is -6.09. The first-order chi connectivity index (χ1) is 3.73. The van der Waals surface area contributed by atoms with Crippen molar-refractivity contribution in [3.8, 4) is 0 Å². The zero-order chi connectivity index (χ0) is 8.08. The van der Waals surface area contributed by atoms with E-state index in [4.69, 9.17) is 0 Å². The fourth-order valence-corrected chi connectivity index (χ4v) is 0. The van der Waals surface area contributed by atoms with E-state index in [0.29, 0.717) is 0 Å². The molecule has 0 fully saturated rings. The first kappa shape index (κ1) is 23.8. The fraction of sp³-hybridized carbons (Fsp3) is 1.00. The second-order valence-corrected chi connectivity index (χ2v) is 3.16. The Morgan fingerprint density at radius 1 is 1.00 bits per heavy atom. The van der Waals surface area contributed by atoms with Crippen molar-refractivity contribution in [1.29, 1.82) is 0 Å². The molecule has 0 saturated carbocycles. The predicted molar refractivity (Wildman–Crippen MR) is 34.9 cm³/mol. The maximum Gasteiger partial charge on any atom is 1.00 e. The van der Waals surface area contributed by atoms with Gasteiger partial charge < -0.3 is 10.2 Å². The second-order valence-electron chi connectivity index (χ2n) is 3.16. The molecular weight excluding hydrogens is 194 g/mol. The van der Waals surface area contributed by atoms with E-state index in [0.717, 1.165) is 0 Å². The van der Waals surface area contributed by atoms with E-state index >= 15 is 0 Å². The van der Waals surface area contributed by atoms with Crippen molar-refractivity contribution in [1.82, 2.24) is 0 Å². The van der Waals surface area contributed by atoms with Crippen LogP contribution in [-0.4, -0.2) is 11.7 Å². The van der Waals surface area contributed by atoms with Crippen LogP contribution >= 0.6 is 0 Å². The Balaban J connectivity index is -0.0000000383. The maximum atomic E-state index is 10.1. The molecule has 4 heteroatoms. The Morgan fingerprint density at radius 3 is 1.00 bits per heavy atom. The van der Waals surface area contributed by atoms with E-state index < -0.39 is 11.7 Å². The molecule has 0 atom stereocenters. The van der Waals surface area contributed by atoms with Crippen molar-refractivity contribution >= 4 is 0 Å². The summed E-state index contributed by atoms with van der Waals surface area (Å²) in [7, 11) is 0. The van der Waals surface area contributed by atoms with Crippen LogP contribution in [0.4, 0.5) is 0 Å². The van der Waals surface area contributed by atoms with Crippen molar-refractivity contribution < 1.29 is 113 Å². The standard InChI is InChI=1S/C4H9O.C3H7O.2K/c1-4(2,3)5;1-3(2)4;;/h1-3H3;3H,1-2H3;;/q2*-1;2*+1. The minimum absolute atomic E-state index is 0. The molecule has 0 aliphatic carbocycles. The van der Waals surface area contributed by atoms with Gasteiger partial charge >= 0.3 is 103 Å². The smallest absolute Gasteiger partial charge is 0.852 e. The Hall–Kier alpha value is 3.19. The molecule has 0 aliphatic heterocycles. The van der Waals surface area contributed by atoms with Crippen molar-refractivity contribution in [3.05, 3.63) is 0 Å². The minimum Gasteiger partial charge on any atom is -0.852 e. The van der Waals surface area contributed by atoms with Gasteiger partial charge in [-0.15, -0.1) is 11.7 Å². The second kappa shape index (κ2) is 13.2. The molecular formula is C7H16K2O2. The van der Waals surface area contributed by atoms with E-state index in [1.165, 1.54) is 0 Å². The van der Waals surface area contributed by atoms with Crippen LogP contribution < -0.4 is 113 Å². The van der Waals surface area contributed by atoms with Gasteiger partial charge in [0.05, 0.1) is 0 Å². The van der Waals surface area contributed by atoms with Crippen molar-refractivity contribution in [2.45, 2.75) is 46.3 Å². The average Bonchev–Trinajstić information content (AvgIpc) is 1.19. The summed E-state index contributed by atoms with van der Waals surface area (Å²) in [4.78, 5) is 0. The third kappa shape index (κ3) is 162. The molecule has 0 saturated heterocycles. The van der Waals surface area contributed by atoms with Crippen LogP contribution in [-0.2, 0) is 0 Å². The number of rotatable bonds is 0. The van der Waals surface area contributed by atoms with Crippen LogP contribution in [0.2, 0.25) is 0 Å². The molecule has 0 spiro atoms. The zero-order valence-electron chi connectivity index (χ0n) is 8.89. The van der Waals surface area contributed by atoms with Gasteiger partial charge in [-0.2, -0.15) is 0 Å². The monoisotopic (exact) mass is 210 g/mol. The van der Waals surface area contributed by atoms with Crippen LogP contribution in [0.25, 0.3) is 0 Å². The van der Waals surface area contributed by atoms with Gasteiger partial charge in [0.2, 0.25) is 0 Å². The molecule has 0 N–H and O–H groups in total. The molecule has 58 valence electrons. The molecule has 0 aromatic rings. The minimum atomic E-state index is -0.750. The summed E-state index contributed by atoms with van der Waals surface area (Å²) >= 11 is 0. The van der Waals surface area contributed by atoms with Crippen molar-refractivity contribution in [2.75, 3.05) is 0 Å². The molecule has 0 radical (unpaired) electrons. The molecule has 0 unspecified atom stereocenters. The van der Waals surface area contributed by atoms with Crippen LogP contribution in [0.5, 0.6) is 0 Å². The van der Waals surface area contributed by atoms with Gasteiger partial charge in [0.25, 0.3) is 0 Å². The van der Waals surface area contributed by atoms with E-state index in [1.54, 1.807) is 34.6 Å². The van der Waals surface area contributed by atoms with Gasteiger partial charge in [-0.05, 0) is 0 Å². The Morgan fingerprint density at radius 2 is 1.00 bits per heavy atom. The summed E-state index contributed by atoms with van der Waals surface area (Å²) in [5.41, 5.74) is -0.750. The van der Waals surface area contributed by atoms with E-state index in [-0.39, 0.29) is 103 Å². The molecule has 0 rings (SSSR count). The Labute approximate surface area is 155 Å². The normalized spacial score (nSPS) is 8.73. The summed E-state index contributed by atoms with van der Waals surface area (Å²) in [5.74, 6) is 0. The summed E-state index contributed by atoms with van der Waals surface area (Å²) in [6.45, 7) is 8.12. The molecule has 0 amide bonds. The van der Waals surface area contributed by atoms with Gasteiger partial charge in [-0.3, -0.25) is 0 Å². The largest absolute Gasteiger partial charge is 1.00 e. The molecule has 0 aromatic heterocycles. The van der Waals surface area contributed by atoms with Crippen molar-refractivity contribution in [3.63, 3.8) is 0 Å². The SMILES string of the molecule is CC(C)(C)[O-].CC(C)[O-].[K+].[K+]. The van der Waals surface area contributed by atoms with Gasteiger partial charge in [-0.25, -0.2) is 0 Å². The number of hydrogen-bond acceptors (Lipinski definition) is 2. The van der Waals surface area contributed by atoms with Gasteiger partial charge in [0, 0.05) is 0 Å². The molecule has 0 heterocycles. The van der Waals surface area contributed by atoms with Gasteiger partial charge in [-0.1, -0.05) is 34.6 Å². The maximum absolute atomic E-state index is 10.1. The first-order valence-corrected chi connectivity index (χ1v) is 3.09. The summed E-state index contributed by atoms with van der Waals surface area (Å²) in [5, 5.41) is 19.6. The molecule has 2 nitrogen and oxygen atoms in total. The number of hydrogen-bond donors (Lipinski definition) is 0. The van der Waals surface area contributed by atoms with Crippen LogP contribution in [0, 0.1) is 0 Å². The van der Waals surface area contributed by atoms with E-state index in [2.05, 4.69) is 0 Å². The molecule has 0 aromatic carbocycles. The fourth-order valence-electron chi connectivity index (χ4n) is 0. The van der Waals surface area contributed by atoms with E-state index in [9.17, 15) is 10.2 Å². The van der Waals surface area contributed by atoms with Gasteiger partial charge in [0.1, 0.15) is 0 Å². The summed E-state index contributed by atoms with van der Waals surface area (Å²) in [6.07, 6.45) is -0.417. The average molecular weight is 210 g/mol. The third-order valence-electron chi connectivity index (χ3n) is 0. The van der Waals surface area contributed by atoms with Crippen LogP contribution in [0.1, 0.15) is 34.6 Å². The molecule has 0 bridgehead atoms. The van der Waals surface area contributed by atoms with Gasteiger partial charge in [0.15, 0.2) is 0 Å².